The van der Waals surface area contributed by atoms with Crippen molar-refractivity contribution in [1.29, 1.82) is 0 Å². The first-order valence-electron chi connectivity index (χ1n) is 30.1. The fraction of sp³-hybridized carbons (Fsp3) is 0.950. The normalized spacial score (nSPS) is 26.1. The molecule has 3 heterocycles. The number of esters is 1. The molecule has 0 saturated carbocycles. The van der Waals surface area contributed by atoms with Gasteiger partial charge >= 0.3 is 5.97 Å². The summed E-state index contributed by atoms with van der Waals surface area (Å²) in [6.45, 7) is 6.54. The van der Waals surface area contributed by atoms with Crippen molar-refractivity contribution >= 4 is 5.97 Å². The monoisotopic (exact) mass is 895 g/mol. The Hall–Kier alpha value is -1.03. The summed E-state index contributed by atoms with van der Waals surface area (Å²) < 4.78 is 5.46. The van der Waals surface area contributed by atoms with Crippen LogP contribution in [0.3, 0.4) is 0 Å². The van der Waals surface area contributed by atoms with Gasteiger partial charge in [-0.3, -0.25) is 0 Å². The van der Waals surface area contributed by atoms with Crippen LogP contribution in [-0.2, 0) is 9.53 Å². The van der Waals surface area contributed by atoms with Crippen molar-refractivity contribution in [1.82, 2.24) is 10.2 Å². The molecule has 1 atom stereocenters. The lowest BCUT2D eigenvalue weighted by atomic mass is 9.71. The highest BCUT2D eigenvalue weighted by Crippen LogP contribution is 2.41. The van der Waals surface area contributed by atoms with Gasteiger partial charge in [0.15, 0.2) is 0 Å². The molecule has 0 aromatic carbocycles. The summed E-state index contributed by atoms with van der Waals surface area (Å²) in [4.78, 5) is 14.4. The summed E-state index contributed by atoms with van der Waals surface area (Å²) in [5.41, 5.74) is 1.57. The highest BCUT2D eigenvalue weighted by Gasteiger charge is 2.36. The van der Waals surface area contributed by atoms with Crippen molar-refractivity contribution in [3.8, 4) is 0 Å². The standard InChI is InChI=1S/C60H114N2O2/c1-57-58(56-59(63)64-57)62-54-50-60(51-55-62)48-46-44-42-40-38-36-34-32-30-28-26-24-22-20-18-16-14-12-10-8-6-4-2-3-5-7-9-11-13-15-17-19-21-23-25-27-29-31-33-35-37-39-41-43-45-47-52-61-53-49-60/h56-57,61H,2-55H2,1H3. The Balaban J connectivity index is 1.25. The molecule has 2 fully saturated rings. The molecule has 0 aromatic rings. The minimum atomic E-state index is -0.158. The molecule has 0 radical (unpaired) electrons. The number of likely N-dealkylation sites (tertiary alicyclic amines) is 1. The van der Waals surface area contributed by atoms with Gasteiger partial charge in [-0.1, -0.05) is 289 Å². The van der Waals surface area contributed by atoms with Crippen LogP contribution in [0.5, 0.6) is 0 Å². The Morgan fingerprint density at radius 3 is 0.906 bits per heavy atom. The topological polar surface area (TPSA) is 41.6 Å². The largest absolute Gasteiger partial charge is 0.453 e. The number of piperidine rings is 1. The first-order valence-corrected chi connectivity index (χ1v) is 30.1. The molecule has 0 amide bonds. The molecule has 0 bridgehead atoms. The average Bonchev–Trinajstić information content (AvgIpc) is 3.65. The number of carbonyl (C=O) groups is 1. The molecule has 3 aliphatic rings. The molecule has 3 rings (SSSR count). The SMILES string of the molecule is CC1OC(=O)C=C1N1CCC2(CCCCCCCCCCCCCCCCCCCCCCCCCCCCCCCCCCCCCCCCCCCCCCCCNCC2)CC1. The van der Waals surface area contributed by atoms with Crippen LogP contribution in [0.15, 0.2) is 11.8 Å². The lowest BCUT2D eigenvalue weighted by Gasteiger charge is -2.44. The van der Waals surface area contributed by atoms with Crippen molar-refractivity contribution in [3.05, 3.63) is 11.8 Å². The van der Waals surface area contributed by atoms with E-state index in [9.17, 15) is 4.79 Å². The van der Waals surface area contributed by atoms with Gasteiger partial charge in [0, 0.05) is 19.2 Å². The number of hydrogen-bond donors (Lipinski definition) is 1. The number of ether oxygens (including phenoxy) is 1. The van der Waals surface area contributed by atoms with Crippen LogP contribution in [-0.4, -0.2) is 43.2 Å². The Labute approximate surface area is 401 Å². The maximum atomic E-state index is 11.9. The van der Waals surface area contributed by atoms with Gasteiger partial charge in [0.05, 0.1) is 5.70 Å². The van der Waals surface area contributed by atoms with E-state index in [0.29, 0.717) is 5.41 Å². The molecular formula is C60H114N2O2. The third-order valence-electron chi connectivity index (χ3n) is 16.3. The molecule has 1 N–H and O–H groups in total. The molecule has 0 aromatic heterocycles. The molecule has 0 aliphatic carbocycles. The summed E-state index contributed by atoms with van der Waals surface area (Å²) >= 11 is 0. The molecule has 4 nitrogen and oxygen atoms in total. The first kappa shape index (κ1) is 57.3. The Kier molecular flexibility index (Phi) is 37.7. The van der Waals surface area contributed by atoms with Crippen molar-refractivity contribution < 1.29 is 9.53 Å². The third-order valence-corrected chi connectivity index (χ3v) is 16.3. The van der Waals surface area contributed by atoms with Gasteiger partial charge in [-0.25, -0.2) is 4.79 Å². The summed E-state index contributed by atoms with van der Waals surface area (Å²) in [7, 11) is 0. The lowest BCUT2D eigenvalue weighted by Crippen LogP contribution is -2.42. The summed E-state index contributed by atoms with van der Waals surface area (Å²) in [6, 6.07) is 0. The zero-order valence-electron chi connectivity index (χ0n) is 43.6. The molecule has 3 aliphatic heterocycles. The van der Waals surface area contributed by atoms with Gasteiger partial charge < -0.3 is 15.0 Å². The number of cyclic esters (lactones) is 1. The zero-order chi connectivity index (χ0) is 45.1. The summed E-state index contributed by atoms with van der Waals surface area (Å²) in [5, 5.41) is 3.88. The van der Waals surface area contributed by atoms with E-state index in [-0.39, 0.29) is 12.1 Å². The third kappa shape index (κ3) is 31.9. The van der Waals surface area contributed by atoms with E-state index in [1.807, 2.05) is 6.92 Å². The molecule has 1 unspecified atom stereocenters. The van der Waals surface area contributed by atoms with E-state index in [2.05, 4.69) is 10.2 Å². The molecule has 376 valence electrons. The molecule has 1 spiro atoms. The quantitative estimate of drug-likeness (QED) is 0.266. The molecular weight excluding hydrogens is 781 g/mol. The maximum Gasteiger partial charge on any atom is 0.333 e. The summed E-state index contributed by atoms with van der Waals surface area (Å²) in [6.07, 6.45) is 74.2. The predicted octanol–water partition coefficient (Wildman–Crippen LogP) is 19.2. The maximum absolute atomic E-state index is 11.9. The van der Waals surface area contributed by atoms with Crippen molar-refractivity contribution in [2.75, 3.05) is 26.2 Å². The van der Waals surface area contributed by atoms with E-state index in [0.717, 1.165) is 18.8 Å². The number of hydrogen-bond acceptors (Lipinski definition) is 4. The van der Waals surface area contributed by atoms with Crippen LogP contribution < -0.4 is 5.32 Å². The van der Waals surface area contributed by atoms with Gasteiger partial charge in [0.1, 0.15) is 6.10 Å². The van der Waals surface area contributed by atoms with Gasteiger partial charge in [-0.2, -0.15) is 0 Å². The van der Waals surface area contributed by atoms with Crippen LogP contribution in [0.4, 0.5) is 0 Å². The minimum absolute atomic E-state index is 0.0826. The number of carbonyl (C=O) groups excluding carboxylic acids is 1. The predicted molar refractivity (Wildman–Crippen MR) is 281 cm³/mol. The summed E-state index contributed by atoms with van der Waals surface area (Å²) in [5.74, 6) is -0.158. The van der Waals surface area contributed by atoms with Gasteiger partial charge in [-0.05, 0) is 57.5 Å². The van der Waals surface area contributed by atoms with Crippen molar-refractivity contribution in [2.45, 2.75) is 334 Å². The highest BCUT2D eigenvalue weighted by atomic mass is 16.5. The van der Waals surface area contributed by atoms with Gasteiger partial charge in [0.25, 0.3) is 0 Å². The van der Waals surface area contributed by atoms with Crippen LogP contribution >= 0.6 is 0 Å². The second-order valence-electron chi connectivity index (χ2n) is 22.1. The van der Waals surface area contributed by atoms with E-state index in [1.54, 1.807) is 6.08 Å². The van der Waals surface area contributed by atoms with Crippen LogP contribution in [0.2, 0.25) is 0 Å². The second kappa shape index (κ2) is 42.1. The van der Waals surface area contributed by atoms with E-state index >= 15 is 0 Å². The Morgan fingerprint density at radius 2 is 0.641 bits per heavy atom. The molecule has 64 heavy (non-hydrogen) atoms. The van der Waals surface area contributed by atoms with Crippen LogP contribution in [0.1, 0.15) is 328 Å². The van der Waals surface area contributed by atoms with Gasteiger partial charge in [-0.15, -0.1) is 0 Å². The number of nitrogens with zero attached hydrogens (tertiary/aromatic N) is 1. The van der Waals surface area contributed by atoms with E-state index in [1.165, 1.54) is 334 Å². The Bertz CT molecular complexity index is 994. The zero-order valence-corrected chi connectivity index (χ0v) is 43.6. The number of rotatable bonds is 1. The van der Waals surface area contributed by atoms with E-state index in [4.69, 9.17) is 4.74 Å². The van der Waals surface area contributed by atoms with Crippen molar-refractivity contribution in [3.63, 3.8) is 0 Å². The lowest BCUT2D eigenvalue weighted by molar-refractivity contribution is -0.138. The fourth-order valence-electron chi connectivity index (χ4n) is 11.7. The second-order valence-corrected chi connectivity index (χ2v) is 22.1. The molecule has 4 heteroatoms. The first-order chi connectivity index (χ1) is 31.7. The van der Waals surface area contributed by atoms with Gasteiger partial charge in [0.2, 0.25) is 0 Å². The minimum Gasteiger partial charge on any atom is -0.453 e. The number of nitrogens with one attached hydrogen (secondary N) is 1. The Morgan fingerprint density at radius 1 is 0.375 bits per heavy atom. The smallest absolute Gasteiger partial charge is 0.333 e. The van der Waals surface area contributed by atoms with Crippen LogP contribution in [0, 0.1) is 5.41 Å². The van der Waals surface area contributed by atoms with E-state index < -0.39 is 0 Å². The average molecular weight is 896 g/mol. The van der Waals surface area contributed by atoms with Crippen LogP contribution in [0.25, 0.3) is 0 Å². The van der Waals surface area contributed by atoms with Crippen molar-refractivity contribution in [2.24, 2.45) is 5.41 Å². The fourth-order valence-corrected chi connectivity index (χ4v) is 11.7. The highest BCUT2D eigenvalue weighted by molar-refractivity contribution is 5.85. The molecule has 2 saturated heterocycles.